The molecule has 4 rings (SSSR count). The minimum absolute atomic E-state index is 0.0177. The van der Waals surface area contributed by atoms with Crippen molar-refractivity contribution in [2.75, 3.05) is 26.7 Å². The summed E-state index contributed by atoms with van der Waals surface area (Å²) in [5, 5.41) is 2.94. The second kappa shape index (κ2) is 9.20. The fourth-order valence-electron chi connectivity index (χ4n) is 4.31. The third-order valence-corrected chi connectivity index (χ3v) is 5.94. The lowest BCUT2D eigenvalue weighted by molar-refractivity contribution is -0.154. The van der Waals surface area contributed by atoms with Crippen molar-refractivity contribution in [1.29, 1.82) is 0 Å². The number of rotatable bonds is 7. The summed E-state index contributed by atoms with van der Waals surface area (Å²) in [5.41, 5.74) is 2.38. The Morgan fingerprint density at radius 1 is 1.16 bits per heavy atom. The topological polar surface area (TPSA) is 79.0 Å². The highest BCUT2D eigenvalue weighted by atomic mass is 16.5. The van der Waals surface area contributed by atoms with Gasteiger partial charge in [-0.1, -0.05) is 30.3 Å². The molecule has 2 heterocycles. The summed E-state index contributed by atoms with van der Waals surface area (Å²) in [7, 11) is 1.56. The Kier molecular flexibility index (Phi) is 6.21. The van der Waals surface area contributed by atoms with Crippen molar-refractivity contribution in [2.45, 2.75) is 31.8 Å². The molecule has 2 aliphatic rings. The van der Waals surface area contributed by atoms with Gasteiger partial charge in [0.25, 0.3) is 5.91 Å². The van der Waals surface area contributed by atoms with Crippen molar-refractivity contribution in [2.24, 2.45) is 0 Å². The van der Waals surface area contributed by atoms with E-state index >= 15 is 0 Å². The van der Waals surface area contributed by atoms with Crippen molar-refractivity contribution >= 4 is 17.7 Å². The normalized spacial score (nSPS) is 18.2. The summed E-state index contributed by atoms with van der Waals surface area (Å²) >= 11 is 0. The first-order valence-electron chi connectivity index (χ1n) is 10.6. The predicted octanol–water partition coefficient (Wildman–Crippen LogP) is 2.00. The molecule has 7 nitrogen and oxygen atoms in total. The van der Waals surface area contributed by atoms with E-state index in [0.717, 1.165) is 18.4 Å². The molecule has 2 aromatic carbocycles. The Labute approximate surface area is 182 Å². The van der Waals surface area contributed by atoms with Crippen molar-refractivity contribution in [1.82, 2.24) is 15.1 Å². The summed E-state index contributed by atoms with van der Waals surface area (Å²) < 4.78 is 5.44. The van der Waals surface area contributed by atoms with Gasteiger partial charge < -0.3 is 19.9 Å². The number of ether oxygens (including phenoxy) is 1. The van der Waals surface area contributed by atoms with E-state index in [-0.39, 0.29) is 36.9 Å². The second-order valence-corrected chi connectivity index (χ2v) is 7.96. The molecule has 0 radical (unpaired) electrons. The fourth-order valence-corrected chi connectivity index (χ4v) is 4.31. The van der Waals surface area contributed by atoms with Gasteiger partial charge in [0.15, 0.2) is 0 Å². The van der Waals surface area contributed by atoms with Crippen LogP contribution in [0, 0.1) is 0 Å². The van der Waals surface area contributed by atoms with Gasteiger partial charge in [0.2, 0.25) is 11.8 Å². The van der Waals surface area contributed by atoms with Crippen molar-refractivity contribution < 1.29 is 19.1 Å². The molecule has 3 amide bonds. The number of hydrogen-bond acceptors (Lipinski definition) is 4. The first-order valence-corrected chi connectivity index (χ1v) is 10.6. The number of piperazine rings is 1. The maximum Gasteiger partial charge on any atom is 0.251 e. The van der Waals surface area contributed by atoms with E-state index in [1.54, 1.807) is 35.1 Å². The molecule has 1 atom stereocenters. The van der Waals surface area contributed by atoms with Gasteiger partial charge in [0.1, 0.15) is 18.3 Å². The molecule has 0 aromatic heterocycles. The third-order valence-electron chi connectivity index (χ3n) is 5.94. The Hall–Kier alpha value is -3.35. The van der Waals surface area contributed by atoms with Crippen LogP contribution in [-0.4, -0.2) is 60.3 Å². The fraction of sp³-hybridized carbons (Fsp3) is 0.375. The number of nitrogens with zero attached hydrogens (tertiary/aromatic N) is 2. The van der Waals surface area contributed by atoms with E-state index < -0.39 is 0 Å². The lowest BCUT2D eigenvalue weighted by Crippen LogP contribution is -2.56. The Bertz CT molecular complexity index is 976. The van der Waals surface area contributed by atoms with Crippen LogP contribution >= 0.6 is 0 Å². The lowest BCUT2D eigenvalue weighted by atomic mass is 10.1. The predicted molar refractivity (Wildman–Crippen MR) is 116 cm³/mol. The van der Waals surface area contributed by atoms with Crippen molar-refractivity contribution in [3.8, 4) is 5.75 Å². The number of fused-ring (bicyclic) bond motifs is 1. The summed E-state index contributed by atoms with van der Waals surface area (Å²) in [6.45, 7) is 1.49. The van der Waals surface area contributed by atoms with Crippen LogP contribution in [0.2, 0.25) is 0 Å². The van der Waals surface area contributed by atoms with Gasteiger partial charge in [0.05, 0.1) is 7.11 Å². The van der Waals surface area contributed by atoms with Crippen molar-refractivity contribution in [3.05, 3.63) is 65.2 Å². The maximum absolute atomic E-state index is 12.9. The molecule has 0 aliphatic carbocycles. The summed E-state index contributed by atoms with van der Waals surface area (Å²) in [5.74, 6) is 0.366. The molecule has 162 valence electrons. The smallest absolute Gasteiger partial charge is 0.251 e. The number of methoxy groups -OCH3 is 1. The van der Waals surface area contributed by atoms with E-state index in [1.807, 2.05) is 30.3 Å². The van der Waals surface area contributed by atoms with Gasteiger partial charge in [-0.15, -0.1) is 0 Å². The first-order chi connectivity index (χ1) is 15.1. The number of benzene rings is 2. The Morgan fingerprint density at radius 3 is 2.74 bits per heavy atom. The van der Waals surface area contributed by atoms with Crippen LogP contribution in [0.15, 0.2) is 48.5 Å². The molecule has 0 unspecified atom stereocenters. The molecule has 0 spiro atoms. The van der Waals surface area contributed by atoms with Crippen molar-refractivity contribution in [3.63, 3.8) is 0 Å². The van der Waals surface area contributed by atoms with E-state index in [2.05, 4.69) is 5.32 Å². The van der Waals surface area contributed by atoms with Gasteiger partial charge >= 0.3 is 0 Å². The zero-order valence-electron chi connectivity index (χ0n) is 17.7. The zero-order chi connectivity index (χ0) is 21.8. The summed E-state index contributed by atoms with van der Waals surface area (Å²) in [6, 6.07) is 14.8. The molecule has 31 heavy (non-hydrogen) atoms. The van der Waals surface area contributed by atoms with Gasteiger partial charge in [0, 0.05) is 30.8 Å². The van der Waals surface area contributed by atoms with Gasteiger partial charge in [-0.05, 0) is 43.0 Å². The monoisotopic (exact) mass is 421 g/mol. The lowest BCUT2D eigenvalue weighted by Gasteiger charge is -2.36. The van der Waals surface area contributed by atoms with Crippen LogP contribution in [0.25, 0.3) is 0 Å². The highest BCUT2D eigenvalue weighted by Crippen LogP contribution is 2.27. The molecule has 2 saturated heterocycles. The highest BCUT2D eigenvalue weighted by molar-refractivity contribution is 5.96. The minimum Gasteiger partial charge on any atom is -0.496 e. The first kappa shape index (κ1) is 20.9. The third kappa shape index (κ3) is 4.55. The molecule has 0 bridgehead atoms. The number of nitrogens with one attached hydrogen (secondary N) is 1. The Morgan fingerprint density at radius 2 is 1.97 bits per heavy atom. The van der Waals surface area contributed by atoms with E-state index in [4.69, 9.17) is 4.74 Å². The molecular weight excluding hydrogens is 394 g/mol. The summed E-state index contributed by atoms with van der Waals surface area (Å²) in [6.07, 6.45) is 2.32. The van der Waals surface area contributed by atoms with Gasteiger partial charge in [-0.3, -0.25) is 14.4 Å². The highest BCUT2D eigenvalue weighted by Gasteiger charge is 2.41. The van der Waals surface area contributed by atoms with Crippen LogP contribution in [-0.2, 0) is 22.6 Å². The van der Waals surface area contributed by atoms with Gasteiger partial charge in [-0.25, -0.2) is 0 Å². The minimum atomic E-state index is -0.350. The van der Waals surface area contributed by atoms with Crippen LogP contribution < -0.4 is 10.1 Å². The average molecular weight is 421 g/mol. The molecule has 1 N–H and O–H groups in total. The standard InChI is InChI=1S/C24H27N3O4/c1-31-21-10-9-18(23(29)25-12-11-17-6-3-2-4-7-17)14-19(21)15-26-16-22(28)27-13-5-8-20(27)24(26)30/h2-4,6-7,9-10,14,20H,5,8,11-13,15-16H2,1H3,(H,25,29)/t20-/m1/s1. The molecular formula is C24H27N3O4. The number of carbonyl (C=O) groups excluding carboxylic acids is 3. The number of carbonyl (C=O) groups is 3. The number of amides is 3. The zero-order valence-corrected chi connectivity index (χ0v) is 17.7. The van der Waals surface area contributed by atoms with Crippen LogP contribution in [0.4, 0.5) is 0 Å². The van der Waals surface area contributed by atoms with Crippen LogP contribution in [0.3, 0.4) is 0 Å². The second-order valence-electron chi connectivity index (χ2n) is 7.96. The molecule has 2 fully saturated rings. The molecule has 0 saturated carbocycles. The van der Waals surface area contributed by atoms with E-state index in [1.165, 1.54) is 0 Å². The maximum atomic E-state index is 12.9. The average Bonchev–Trinajstić information content (AvgIpc) is 3.29. The molecule has 2 aliphatic heterocycles. The molecule has 2 aromatic rings. The van der Waals surface area contributed by atoms with E-state index in [9.17, 15) is 14.4 Å². The Balaban J connectivity index is 1.44. The van der Waals surface area contributed by atoms with Crippen LogP contribution in [0.1, 0.15) is 34.3 Å². The van der Waals surface area contributed by atoms with E-state index in [0.29, 0.717) is 36.4 Å². The quantitative estimate of drug-likeness (QED) is 0.742. The van der Waals surface area contributed by atoms with Crippen LogP contribution in [0.5, 0.6) is 5.75 Å². The largest absolute Gasteiger partial charge is 0.496 e. The number of hydrogen-bond donors (Lipinski definition) is 1. The molecule has 7 heteroatoms. The SMILES string of the molecule is COc1ccc(C(=O)NCCc2ccccc2)cc1CN1CC(=O)N2CCC[C@@H]2C1=O. The summed E-state index contributed by atoms with van der Waals surface area (Å²) in [4.78, 5) is 41.2. The van der Waals surface area contributed by atoms with Gasteiger partial charge in [-0.2, -0.15) is 0 Å².